The van der Waals surface area contributed by atoms with Crippen LogP contribution in [0.4, 0.5) is 5.69 Å². The first-order chi connectivity index (χ1) is 13.4. The van der Waals surface area contributed by atoms with Crippen LogP contribution in [0.1, 0.15) is 17.0 Å². The van der Waals surface area contributed by atoms with Crippen molar-refractivity contribution in [3.63, 3.8) is 0 Å². The largest absolute Gasteiger partial charge is 0.456 e. The van der Waals surface area contributed by atoms with E-state index in [9.17, 15) is 14.9 Å². The SMILES string of the molecule is Cc1oc(-c2ccccc2)nc1COC(=O)/C=C/c1ccc(Cl)c([N+](=O)[O-])c1. The lowest BCUT2D eigenvalue weighted by molar-refractivity contribution is -0.384. The Hall–Kier alpha value is -3.45. The van der Waals surface area contributed by atoms with Gasteiger partial charge in [0.1, 0.15) is 23.1 Å². The minimum atomic E-state index is -0.610. The first-order valence-electron chi connectivity index (χ1n) is 8.24. The quantitative estimate of drug-likeness (QED) is 0.252. The average molecular weight is 399 g/mol. The maximum Gasteiger partial charge on any atom is 0.331 e. The number of nitro benzene ring substituents is 1. The van der Waals surface area contributed by atoms with Crippen molar-refractivity contribution < 1.29 is 18.9 Å². The molecule has 0 bridgehead atoms. The number of aromatic nitrogens is 1. The van der Waals surface area contributed by atoms with Gasteiger partial charge in [0.15, 0.2) is 0 Å². The average Bonchev–Trinajstić information content (AvgIpc) is 3.07. The Labute approximate surface area is 165 Å². The summed E-state index contributed by atoms with van der Waals surface area (Å²) in [6.45, 7) is 1.69. The van der Waals surface area contributed by atoms with Crippen LogP contribution >= 0.6 is 11.6 Å². The van der Waals surface area contributed by atoms with Crippen molar-refractivity contribution in [1.82, 2.24) is 4.98 Å². The van der Waals surface area contributed by atoms with Gasteiger partial charge in [-0.3, -0.25) is 10.1 Å². The topological polar surface area (TPSA) is 95.5 Å². The van der Waals surface area contributed by atoms with Crippen LogP contribution in [0.2, 0.25) is 5.02 Å². The van der Waals surface area contributed by atoms with E-state index in [1.54, 1.807) is 13.0 Å². The van der Waals surface area contributed by atoms with E-state index < -0.39 is 10.9 Å². The molecule has 0 saturated heterocycles. The number of oxazole rings is 1. The van der Waals surface area contributed by atoms with Gasteiger partial charge in [0.05, 0.1) is 4.92 Å². The van der Waals surface area contributed by atoms with E-state index in [4.69, 9.17) is 20.8 Å². The zero-order valence-corrected chi connectivity index (χ0v) is 15.6. The normalized spacial score (nSPS) is 10.9. The highest BCUT2D eigenvalue weighted by Gasteiger charge is 2.13. The molecule has 0 unspecified atom stereocenters. The zero-order valence-electron chi connectivity index (χ0n) is 14.8. The lowest BCUT2D eigenvalue weighted by Gasteiger charge is -2.00. The summed E-state index contributed by atoms with van der Waals surface area (Å²) >= 11 is 5.76. The van der Waals surface area contributed by atoms with Crippen molar-refractivity contribution in [1.29, 1.82) is 0 Å². The van der Waals surface area contributed by atoms with Crippen LogP contribution in [0.15, 0.2) is 59.0 Å². The van der Waals surface area contributed by atoms with Gasteiger partial charge in [-0.25, -0.2) is 9.78 Å². The van der Waals surface area contributed by atoms with E-state index in [-0.39, 0.29) is 17.3 Å². The summed E-state index contributed by atoms with van der Waals surface area (Å²) in [5.74, 6) is 0.401. The molecule has 3 rings (SSSR count). The smallest absolute Gasteiger partial charge is 0.331 e. The summed E-state index contributed by atoms with van der Waals surface area (Å²) < 4.78 is 10.8. The molecule has 142 valence electrons. The second-order valence-electron chi connectivity index (χ2n) is 5.80. The van der Waals surface area contributed by atoms with Gasteiger partial charge >= 0.3 is 5.97 Å². The second kappa shape index (κ2) is 8.49. The fourth-order valence-electron chi connectivity index (χ4n) is 2.39. The number of rotatable bonds is 6. The number of hydrogen-bond acceptors (Lipinski definition) is 6. The molecule has 0 radical (unpaired) electrons. The molecular weight excluding hydrogens is 384 g/mol. The number of halogens is 1. The van der Waals surface area contributed by atoms with E-state index in [1.807, 2.05) is 30.3 Å². The number of nitro groups is 1. The fourth-order valence-corrected chi connectivity index (χ4v) is 2.58. The minimum absolute atomic E-state index is 0.0282. The number of carbonyl (C=O) groups excluding carboxylic acids is 1. The maximum atomic E-state index is 11.9. The van der Waals surface area contributed by atoms with Gasteiger partial charge < -0.3 is 9.15 Å². The molecule has 0 spiro atoms. The fraction of sp³-hybridized carbons (Fsp3) is 0.100. The van der Waals surface area contributed by atoms with Gasteiger partial charge in [0.2, 0.25) is 5.89 Å². The first kappa shape index (κ1) is 19.3. The van der Waals surface area contributed by atoms with Crippen molar-refractivity contribution in [3.05, 3.63) is 86.8 Å². The number of benzene rings is 2. The molecule has 0 aliphatic carbocycles. The predicted octanol–water partition coefficient (Wildman–Crippen LogP) is 4.97. The summed E-state index contributed by atoms with van der Waals surface area (Å²) in [4.78, 5) is 26.6. The molecular formula is C20H15ClN2O5. The standard InChI is InChI=1S/C20H15ClN2O5/c1-13-17(22-20(28-13)15-5-3-2-4-6-15)12-27-19(24)10-8-14-7-9-16(21)18(11-14)23(25)26/h2-11H,12H2,1H3/b10-8+. The number of esters is 1. The molecule has 0 atom stereocenters. The van der Waals surface area contributed by atoms with Crippen molar-refractivity contribution in [3.8, 4) is 11.5 Å². The van der Waals surface area contributed by atoms with Crippen LogP contribution in [0.5, 0.6) is 0 Å². The highest BCUT2D eigenvalue weighted by Crippen LogP contribution is 2.25. The molecule has 0 amide bonds. The Kier molecular flexibility index (Phi) is 5.86. The van der Waals surface area contributed by atoms with E-state index in [0.717, 1.165) is 5.56 Å². The van der Waals surface area contributed by atoms with Crippen molar-refractivity contribution >= 4 is 29.3 Å². The number of ether oxygens (including phenoxy) is 1. The molecule has 1 aromatic heterocycles. The molecule has 0 aliphatic rings. The molecule has 1 heterocycles. The minimum Gasteiger partial charge on any atom is -0.456 e. The lowest BCUT2D eigenvalue weighted by Crippen LogP contribution is -2.02. The third kappa shape index (κ3) is 4.63. The molecule has 0 fully saturated rings. The zero-order chi connectivity index (χ0) is 20.1. The number of aryl methyl sites for hydroxylation is 1. The van der Waals surface area contributed by atoms with Gasteiger partial charge in [0, 0.05) is 17.7 Å². The molecule has 0 aliphatic heterocycles. The Morgan fingerprint density at radius 1 is 1.29 bits per heavy atom. The Morgan fingerprint density at radius 2 is 2.04 bits per heavy atom. The molecule has 8 heteroatoms. The summed E-state index contributed by atoms with van der Waals surface area (Å²) in [6, 6.07) is 13.6. The van der Waals surface area contributed by atoms with Crippen LogP contribution in [0.25, 0.3) is 17.5 Å². The third-order valence-corrected chi connectivity index (χ3v) is 4.16. The van der Waals surface area contributed by atoms with Gasteiger partial charge in [-0.2, -0.15) is 0 Å². The van der Waals surface area contributed by atoms with Crippen molar-refractivity contribution in [2.45, 2.75) is 13.5 Å². The predicted molar refractivity (Wildman–Crippen MR) is 104 cm³/mol. The Morgan fingerprint density at radius 3 is 2.75 bits per heavy atom. The molecule has 0 saturated carbocycles. The third-order valence-electron chi connectivity index (χ3n) is 3.84. The Balaban J connectivity index is 1.63. The van der Waals surface area contributed by atoms with Crippen LogP contribution in [0.3, 0.4) is 0 Å². The lowest BCUT2D eigenvalue weighted by atomic mass is 10.2. The molecule has 28 heavy (non-hydrogen) atoms. The van der Waals surface area contributed by atoms with E-state index >= 15 is 0 Å². The van der Waals surface area contributed by atoms with E-state index in [0.29, 0.717) is 22.9 Å². The summed E-state index contributed by atoms with van der Waals surface area (Å²) in [7, 11) is 0. The van der Waals surface area contributed by atoms with E-state index in [2.05, 4.69) is 4.98 Å². The summed E-state index contributed by atoms with van der Waals surface area (Å²) in [5.41, 5.74) is 1.57. The van der Waals surface area contributed by atoms with Crippen LogP contribution < -0.4 is 0 Å². The molecule has 3 aromatic rings. The molecule has 0 N–H and O–H groups in total. The van der Waals surface area contributed by atoms with Crippen LogP contribution in [-0.2, 0) is 16.1 Å². The highest BCUT2D eigenvalue weighted by atomic mass is 35.5. The van der Waals surface area contributed by atoms with Crippen LogP contribution in [0, 0.1) is 17.0 Å². The van der Waals surface area contributed by atoms with E-state index in [1.165, 1.54) is 24.3 Å². The van der Waals surface area contributed by atoms with Crippen molar-refractivity contribution in [2.24, 2.45) is 0 Å². The van der Waals surface area contributed by atoms with Crippen LogP contribution in [-0.4, -0.2) is 15.9 Å². The number of nitrogens with zero attached hydrogens (tertiary/aromatic N) is 2. The number of carbonyl (C=O) groups is 1. The maximum absolute atomic E-state index is 11.9. The van der Waals surface area contributed by atoms with Gasteiger partial charge in [-0.1, -0.05) is 35.9 Å². The summed E-state index contributed by atoms with van der Waals surface area (Å²) in [5, 5.41) is 10.9. The monoisotopic (exact) mass is 398 g/mol. The Bertz CT molecular complexity index is 1040. The number of hydrogen-bond donors (Lipinski definition) is 0. The van der Waals surface area contributed by atoms with Crippen molar-refractivity contribution in [2.75, 3.05) is 0 Å². The second-order valence-corrected chi connectivity index (χ2v) is 6.20. The first-order valence-corrected chi connectivity index (χ1v) is 8.62. The highest BCUT2D eigenvalue weighted by molar-refractivity contribution is 6.32. The van der Waals surface area contributed by atoms with Gasteiger partial charge in [-0.15, -0.1) is 0 Å². The molecule has 7 nitrogen and oxygen atoms in total. The summed E-state index contributed by atoms with van der Waals surface area (Å²) in [6.07, 6.45) is 2.59. The van der Waals surface area contributed by atoms with Gasteiger partial charge in [0.25, 0.3) is 5.69 Å². The van der Waals surface area contributed by atoms with Gasteiger partial charge in [-0.05, 0) is 36.8 Å². The molecule has 2 aromatic carbocycles.